The Labute approximate surface area is 122 Å². The molecule has 3 aromatic rings. The number of pyridine rings is 1. The van der Waals surface area contributed by atoms with E-state index in [-0.39, 0.29) is 11.4 Å². The van der Waals surface area contributed by atoms with Crippen LogP contribution in [0.2, 0.25) is 0 Å². The molecule has 1 N–H and O–H groups in total. The average molecular weight is 283 g/mol. The molecular weight excluding hydrogens is 266 g/mol. The predicted molar refractivity (Wildman–Crippen MR) is 82.6 cm³/mol. The monoisotopic (exact) mass is 283 g/mol. The van der Waals surface area contributed by atoms with E-state index < -0.39 is 0 Å². The molecule has 1 aromatic carbocycles. The van der Waals surface area contributed by atoms with Crippen LogP contribution in [0.25, 0.3) is 11.0 Å². The first-order valence-electron chi connectivity index (χ1n) is 6.58. The summed E-state index contributed by atoms with van der Waals surface area (Å²) in [7, 11) is 0. The summed E-state index contributed by atoms with van der Waals surface area (Å²) in [6.07, 6.45) is 3.60. The third kappa shape index (κ3) is 3.69. The molecule has 2 heterocycles. The van der Waals surface area contributed by atoms with Crippen molar-refractivity contribution < 1.29 is 9.52 Å². The fourth-order valence-electron chi connectivity index (χ4n) is 2.05. The van der Waals surface area contributed by atoms with Gasteiger partial charge < -0.3 is 9.52 Å². The zero-order valence-electron chi connectivity index (χ0n) is 12.3. The van der Waals surface area contributed by atoms with Gasteiger partial charge in [-0.25, -0.2) is 4.79 Å². The maximum Gasteiger partial charge on any atom is 0.336 e. The van der Waals surface area contributed by atoms with Crippen molar-refractivity contribution in [2.75, 3.05) is 0 Å². The lowest BCUT2D eigenvalue weighted by Gasteiger charge is -2.03. The van der Waals surface area contributed by atoms with Crippen LogP contribution in [0.15, 0.2) is 51.9 Å². The van der Waals surface area contributed by atoms with E-state index in [9.17, 15) is 9.90 Å². The summed E-state index contributed by atoms with van der Waals surface area (Å²) in [5, 5.41) is 10.3. The van der Waals surface area contributed by atoms with E-state index in [1.54, 1.807) is 25.3 Å². The molecule has 108 valence electrons. The van der Waals surface area contributed by atoms with E-state index in [1.807, 2.05) is 32.2 Å². The van der Waals surface area contributed by atoms with Gasteiger partial charge in [-0.2, -0.15) is 0 Å². The lowest BCUT2D eigenvalue weighted by molar-refractivity contribution is 0.478. The number of hydrogen-bond acceptors (Lipinski definition) is 4. The first-order chi connectivity index (χ1) is 9.97. The number of fused-ring (bicyclic) bond motifs is 1. The first-order valence-corrected chi connectivity index (χ1v) is 6.58. The van der Waals surface area contributed by atoms with E-state index in [0.717, 1.165) is 11.1 Å². The van der Waals surface area contributed by atoms with Crippen LogP contribution in [-0.4, -0.2) is 10.1 Å². The summed E-state index contributed by atoms with van der Waals surface area (Å²) in [5.41, 5.74) is 2.85. The Morgan fingerprint density at radius 2 is 1.86 bits per heavy atom. The Morgan fingerprint density at radius 1 is 1.10 bits per heavy atom. The number of aromatic nitrogens is 1. The number of nitrogens with zero attached hydrogens (tertiary/aromatic N) is 1. The highest BCUT2D eigenvalue weighted by molar-refractivity contribution is 5.86. The van der Waals surface area contributed by atoms with E-state index in [0.29, 0.717) is 11.0 Å². The van der Waals surface area contributed by atoms with Crippen LogP contribution in [0.5, 0.6) is 5.75 Å². The molecule has 4 heteroatoms. The SMILES string of the molecule is Cc1cc(O)c2c(C)cc(=O)oc2c1.Cc1cccnc1. The number of phenolic OH excluding ortho intramolecular Hbond substituents is 1. The summed E-state index contributed by atoms with van der Waals surface area (Å²) < 4.78 is 4.99. The number of rotatable bonds is 0. The smallest absolute Gasteiger partial charge is 0.336 e. The van der Waals surface area contributed by atoms with Crippen molar-refractivity contribution in [1.82, 2.24) is 4.98 Å². The quantitative estimate of drug-likeness (QED) is 0.641. The summed E-state index contributed by atoms with van der Waals surface area (Å²) in [4.78, 5) is 15.0. The molecule has 21 heavy (non-hydrogen) atoms. The molecular formula is C17H17NO3. The molecule has 0 saturated carbocycles. The van der Waals surface area contributed by atoms with Crippen LogP contribution >= 0.6 is 0 Å². The van der Waals surface area contributed by atoms with Crippen molar-refractivity contribution in [2.45, 2.75) is 20.8 Å². The molecule has 0 bridgehead atoms. The standard InChI is InChI=1S/C11H10O3.C6H7N/c1-6-3-8(12)11-7(2)5-10(13)14-9(11)4-6;1-6-3-2-4-7-5-6/h3-5,12H,1-2H3;2-5H,1H3. The number of benzene rings is 1. The third-order valence-electron chi connectivity index (χ3n) is 2.97. The van der Waals surface area contributed by atoms with E-state index in [2.05, 4.69) is 4.98 Å². The van der Waals surface area contributed by atoms with Crippen molar-refractivity contribution in [1.29, 1.82) is 0 Å². The fraction of sp³-hybridized carbons (Fsp3) is 0.176. The van der Waals surface area contributed by atoms with Crippen molar-refractivity contribution in [2.24, 2.45) is 0 Å². The topological polar surface area (TPSA) is 63.3 Å². The minimum absolute atomic E-state index is 0.154. The number of hydrogen-bond donors (Lipinski definition) is 1. The molecule has 0 saturated heterocycles. The molecule has 4 nitrogen and oxygen atoms in total. The van der Waals surface area contributed by atoms with Gasteiger partial charge in [0.25, 0.3) is 0 Å². The Kier molecular flexibility index (Phi) is 4.38. The summed E-state index contributed by atoms with van der Waals surface area (Å²) in [6, 6.07) is 8.71. The van der Waals surface area contributed by atoms with Crippen LogP contribution in [-0.2, 0) is 0 Å². The Hall–Kier alpha value is -2.62. The second kappa shape index (κ2) is 6.22. The van der Waals surface area contributed by atoms with Crippen LogP contribution in [0.4, 0.5) is 0 Å². The molecule has 0 atom stereocenters. The minimum Gasteiger partial charge on any atom is -0.507 e. The van der Waals surface area contributed by atoms with Gasteiger partial charge in [0.1, 0.15) is 11.3 Å². The molecule has 2 aromatic heterocycles. The molecule has 3 rings (SSSR count). The van der Waals surface area contributed by atoms with Crippen molar-refractivity contribution >= 4 is 11.0 Å². The number of phenols is 1. The molecule has 0 aliphatic rings. The molecule has 0 radical (unpaired) electrons. The molecule has 0 aliphatic carbocycles. The van der Waals surface area contributed by atoms with Gasteiger partial charge in [0.2, 0.25) is 0 Å². The highest BCUT2D eigenvalue weighted by Crippen LogP contribution is 2.27. The summed E-state index contributed by atoms with van der Waals surface area (Å²) in [5.74, 6) is 0.154. The van der Waals surface area contributed by atoms with Gasteiger partial charge in [0.05, 0.1) is 5.39 Å². The Bertz CT molecular complexity index is 807. The lowest BCUT2D eigenvalue weighted by Crippen LogP contribution is -1.98. The van der Waals surface area contributed by atoms with Gasteiger partial charge in [0, 0.05) is 18.5 Å². The summed E-state index contributed by atoms with van der Waals surface area (Å²) >= 11 is 0. The molecule has 0 unspecified atom stereocenters. The van der Waals surface area contributed by atoms with E-state index >= 15 is 0 Å². The Morgan fingerprint density at radius 3 is 2.43 bits per heavy atom. The average Bonchev–Trinajstić information content (AvgIpc) is 2.38. The van der Waals surface area contributed by atoms with Crippen LogP contribution in [0, 0.1) is 20.8 Å². The Balaban J connectivity index is 0.000000194. The molecule has 0 spiro atoms. The maximum atomic E-state index is 11.1. The predicted octanol–water partition coefficient (Wildman–Crippen LogP) is 3.51. The van der Waals surface area contributed by atoms with Gasteiger partial charge in [-0.3, -0.25) is 4.98 Å². The maximum absolute atomic E-state index is 11.1. The lowest BCUT2D eigenvalue weighted by atomic mass is 10.1. The minimum atomic E-state index is -0.389. The van der Waals surface area contributed by atoms with Gasteiger partial charge in [-0.15, -0.1) is 0 Å². The van der Waals surface area contributed by atoms with Crippen LogP contribution in [0.1, 0.15) is 16.7 Å². The van der Waals surface area contributed by atoms with Gasteiger partial charge in [-0.05, 0) is 55.7 Å². The normalized spacial score (nSPS) is 10.0. The zero-order valence-corrected chi connectivity index (χ0v) is 12.3. The highest BCUT2D eigenvalue weighted by Gasteiger charge is 2.07. The van der Waals surface area contributed by atoms with Crippen molar-refractivity contribution in [3.05, 3.63) is 69.8 Å². The van der Waals surface area contributed by atoms with E-state index in [4.69, 9.17) is 4.42 Å². The first kappa shape index (κ1) is 14.8. The second-order valence-electron chi connectivity index (χ2n) is 4.94. The van der Waals surface area contributed by atoms with E-state index in [1.165, 1.54) is 11.6 Å². The van der Waals surface area contributed by atoms with Gasteiger partial charge in [-0.1, -0.05) is 6.07 Å². The number of aromatic hydroxyl groups is 1. The van der Waals surface area contributed by atoms with Crippen LogP contribution in [0.3, 0.4) is 0 Å². The van der Waals surface area contributed by atoms with Gasteiger partial charge in [0.15, 0.2) is 0 Å². The second-order valence-corrected chi connectivity index (χ2v) is 4.94. The van der Waals surface area contributed by atoms with Crippen molar-refractivity contribution in [3.63, 3.8) is 0 Å². The van der Waals surface area contributed by atoms with Crippen LogP contribution < -0.4 is 5.63 Å². The fourth-order valence-corrected chi connectivity index (χ4v) is 2.05. The molecule has 0 amide bonds. The number of aryl methyl sites for hydroxylation is 3. The third-order valence-corrected chi connectivity index (χ3v) is 2.97. The molecule has 0 fully saturated rings. The van der Waals surface area contributed by atoms with Crippen molar-refractivity contribution in [3.8, 4) is 5.75 Å². The van der Waals surface area contributed by atoms with Gasteiger partial charge >= 0.3 is 5.63 Å². The highest BCUT2D eigenvalue weighted by atomic mass is 16.4. The summed E-state index contributed by atoms with van der Waals surface area (Å²) in [6.45, 7) is 5.63. The largest absolute Gasteiger partial charge is 0.507 e. The molecule has 0 aliphatic heterocycles. The zero-order chi connectivity index (χ0) is 15.4.